The Morgan fingerprint density at radius 2 is 1.29 bits per heavy atom. The summed E-state index contributed by atoms with van der Waals surface area (Å²) in [4.78, 5) is 25.3. The molecule has 5 nitrogen and oxygen atoms in total. The summed E-state index contributed by atoms with van der Waals surface area (Å²) < 4.78 is 47.5. The Kier molecular flexibility index (Phi) is 7.86. The van der Waals surface area contributed by atoms with Crippen molar-refractivity contribution >= 4 is 29.1 Å². The molecular formula is C32H25F3N2O3P+. The van der Waals surface area contributed by atoms with Gasteiger partial charge in [0.1, 0.15) is 23.2 Å². The van der Waals surface area contributed by atoms with Gasteiger partial charge in [0.15, 0.2) is 6.29 Å². The summed E-state index contributed by atoms with van der Waals surface area (Å²) in [7, 11) is -1.49. The van der Waals surface area contributed by atoms with Gasteiger partial charge in [0, 0.05) is 11.6 Å². The van der Waals surface area contributed by atoms with E-state index in [1.807, 2.05) is 91.0 Å². The van der Waals surface area contributed by atoms with Gasteiger partial charge in [0.25, 0.3) is 5.56 Å². The minimum Gasteiger partial charge on any atom is -0.465 e. The van der Waals surface area contributed by atoms with E-state index in [2.05, 4.69) is 9.84 Å². The van der Waals surface area contributed by atoms with Crippen molar-refractivity contribution in [3.63, 3.8) is 0 Å². The molecule has 4 aromatic carbocycles. The second-order valence-electron chi connectivity index (χ2n) is 9.26. The van der Waals surface area contributed by atoms with Crippen LogP contribution in [0.5, 0.6) is 0 Å². The number of esters is 1. The fourth-order valence-electron chi connectivity index (χ4n) is 4.87. The van der Waals surface area contributed by atoms with Crippen molar-refractivity contribution in [1.82, 2.24) is 9.78 Å². The number of aromatic nitrogens is 2. The maximum Gasteiger partial charge on any atom is 0.417 e. The highest BCUT2D eigenvalue weighted by molar-refractivity contribution is 7.94. The zero-order chi connectivity index (χ0) is 29.0. The third-order valence-electron chi connectivity index (χ3n) is 6.83. The van der Waals surface area contributed by atoms with Crippen LogP contribution in [-0.2, 0) is 17.2 Å². The molecule has 0 unspecified atom stereocenters. The first-order chi connectivity index (χ1) is 19.7. The van der Waals surface area contributed by atoms with Crippen molar-refractivity contribution in [2.45, 2.75) is 12.5 Å². The van der Waals surface area contributed by atoms with Crippen LogP contribution >= 0.6 is 7.26 Å². The van der Waals surface area contributed by atoms with Crippen molar-refractivity contribution in [3.8, 4) is 11.3 Å². The van der Waals surface area contributed by atoms with Gasteiger partial charge in [-0.15, -0.1) is 0 Å². The lowest BCUT2D eigenvalue weighted by atomic mass is 10.0. The van der Waals surface area contributed by atoms with Crippen LogP contribution in [0.25, 0.3) is 11.3 Å². The van der Waals surface area contributed by atoms with E-state index in [4.69, 9.17) is 0 Å². The zero-order valence-electron chi connectivity index (χ0n) is 22.0. The van der Waals surface area contributed by atoms with E-state index in [0.29, 0.717) is 0 Å². The number of ether oxygens (including phenoxy) is 1. The Morgan fingerprint density at radius 1 is 0.780 bits per heavy atom. The maximum absolute atomic E-state index is 13.9. The quantitative estimate of drug-likeness (QED) is 0.186. The molecule has 0 aliphatic rings. The Labute approximate surface area is 235 Å². The first-order valence-corrected chi connectivity index (χ1v) is 14.6. The van der Waals surface area contributed by atoms with Crippen molar-refractivity contribution in [2.24, 2.45) is 0 Å². The summed E-state index contributed by atoms with van der Waals surface area (Å²) >= 11 is 0. The molecule has 1 heterocycles. The van der Waals surface area contributed by atoms with Crippen LogP contribution in [0.1, 0.15) is 15.9 Å². The van der Waals surface area contributed by atoms with Crippen molar-refractivity contribution in [3.05, 3.63) is 143 Å². The normalized spacial score (nSPS) is 11.7. The van der Waals surface area contributed by atoms with Crippen molar-refractivity contribution in [2.75, 3.05) is 7.11 Å². The van der Waals surface area contributed by atoms with E-state index in [-0.39, 0.29) is 23.1 Å². The predicted octanol–water partition coefficient (Wildman–Crippen LogP) is 5.67. The fourth-order valence-corrected chi connectivity index (χ4v) is 8.90. The molecule has 206 valence electrons. The molecule has 1 aromatic heterocycles. The third-order valence-corrected chi connectivity index (χ3v) is 11.1. The molecule has 0 radical (unpaired) electrons. The minimum atomic E-state index is -4.80. The van der Waals surface area contributed by atoms with Crippen LogP contribution in [-0.4, -0.2) is 22.9 Å². The van der Waals surface area contributed by atoms with Gasteiger partial charge in [-0.05, 0) is 54.6 Å². The molecule has 0 aliphatic heterocycles. The average Bonchev–Trinajstić information content (AvgIpc) is 3.01. The van der Waals surface area contributed by atoms with E-state index in [1.54, 1.807) is 0 Å². The summed E-state index contributed by atoms with van der Waals surface area (Å²) in [6.45, 7) is 0. The van der Waals surface area contributed by atoms with E-state index >= 15 is 0 Å². The highest BCUT2D eigenvalue weighted by Gasteiger charge is 2.46. The van der Waals surface area contributed by atoms with Gasteiger partial charge in [-0.25, -0.2) is 4.79 Å². The zero-order valence-corrected chi connectivity index (χ0v) is 22.8. The number of alkyl halides is 3. The molecule has 5 aromatic rings. The van der Waals surface area contributed by atoms with Crippen LogP contribution < -0.4 is 21.5 Å². The SMILES string of the molecule is COC(=O)c1ccc(-c2ccc(=O)n(C[P+](c3ccccc3)(c3ccccc3)c3ccccc3)n2)cc1C(F)(F)F. The Bertz CT molecular complexity index is 1630. The number of benzene rings is 4. The molecule has 0 aliphatic carbocycles. The molecule has 0 fully saturated rings. The summed E-state index contributed by atoms with van der Waals surface area (Å²) in [6, 6.07) is 35.6. The lowest BCUT2D eigenvalue weighted by Crippen LogP contribution is -2.37. The second kappa shape index (κ2) is 11.5. The van der Waals surface area contributed by atoms with Gasteiger partial charge in [-0.2, -0.15) is 23.0 Å². The van der Waals surface area contributed by atoms with Crippen molar-refractivity contribution in [1.29, 1.82) is 0 Å². The Hall–Kier alpha value is -4.55. The van der Waals surface area contributed by atoms with Crippen LogP contribution in [0.15, 0.2) is 126 Å². The number of hydrogen-bond donors (Lipinski definition) is 0. The van der Waals surface area contributed by atoms with Gasteiger partial charge in [0.05, 0.1) is 23.9 Å². The van der Waals surface area contributed by atoms with Gasteiger partial charge >= 0.3 is 12.1 Å². The van der Waals surface area contributed by atoms with E-state index < -0.39 is 30.5 Å². The molecule has 0 amide bonds. The van der Waals surface area contributed by atoms with E-state index in [1.165, 1.54) is 22.9 Å². The number of carbonyl (C=O) groups is 1. The van der Waals surface area contributed by atoms with Gasteiger partial charge in [0.2, 0.25) is 0 Å². The molecule has 5 rings (SSSR count). The molecule has 41 heavy (non-hydrogen) atoms. The number of nitrogens with zero attached hydrogens (tertiary/aromatic N) is 2. The lowest BCUT2D eigenvalue weighted by Gasteiger charge is -2.27. The van der Waals surface area contributed by atoms with Crippen LogP contribution in [0, 0.1) is 0 Å². The Morgan fingerprint density at radius 3 is 1.76 bits per heavy atom. The highest BCUT2D eigenvalue weighted by Crippen LogP contribution is 2.56. The smallest absolute Gasteiger partial charge is 0.417 e. The molecule has 9 heteroatoms. The van der Waals surface area contributed by atoms with Crippen LogP contribution in [0.3, 0.4) is 0 Å². The fraction of sp³-hybridized carbons (Fsp3) is 0.0938. The molecule has 0 atom stereocenters. The number of hydrogen-bond acceptors (Lipinski definition) is 4. The van der Waals surface area contributed by atoms with E-state index in [9.17, 15) is 22.8 Å². The van der Waals surface area contributed by atoms with Gasteiger partial charge in [-0.3, -0.25) is 4.79 Å². The van der Waals surface area contributed by atoms with Gasteiger partial charge < -0.3 is 4.74 Å². The summed E-state index contributed by atoms with van der Waals surface area (Å²) in [6.07, 6.45) is -4.62. The molecule has 0 N–H and O–H groups in total. The molecule has 0 spiro atoms. The third kappa shape index (κ3) is 5.56. The summed E-state index contributed by atoms with van der Waals surface area (Å²) in [5, 5.41) is 7.65. The molecule has 0 bridgehead atoms. The number of rotatable bonds is 7. The highest BCUT2D eigenvalue weighted by atomic mass is 31.2. The number of halogens is 3. The monoisotopic (exact) mass is 573 g/mol. The first kappa shape index (κ1) is 28.0. The summed E-state index contributed by atoms with van der Waals surface area (Å²) in [5.41, 5.74) is -1.84. The largest absolute Gasteiger partial charge is 0.465 e. The molecular weight excluding hydrogens is 548 g/mol. The lowest BCUT2D eigenvalue weighted by molar-refractivity contribution is -0.138. The first-order valence-electron chi connectivity index (χ1n) is 12.7. The predicted molar refractivity (Wildman–Crippen MR) is 155 cm³/mol. The second-order valence-corrected chi connectivity index (χ2v) is 12.7. The summed E-state index contributed by atoms with van der Waals surface area (Å²) in [5.74, 6) is -1.09. The van der Waals surface area contributed by atoms with Gasteiger partial charge in [-0.1, -0.05) is 60.7 Å². The van der Waals surface area contributed by atoms with Crippen molar-refractivity contribution < 1.29 is 22.7 Å². The van der Waals surface area contributed by atoms with Crippen LogP contribution in [0.2, 0.25) is 0 Å². The molecule has 0 saturated carbocycles. The minimum absolute atomic E-state index is 0.113. The number of methoxy groups -OCH3 is 1. The Balaban J connectivity index is 1.70. The average molecular weight is 574 g/mol. The molecule has 0 saturated heterocycles. The van der Waals surface area contributed by atoms with E-state index in [0.717, 1.165) is 35.2 Å². The standard InChI is InChI=1S/C32H25F3N2O3P/c1-40-31(39)27-18-17-23(21-28(27)32(33,34)35)29-19-20-30(38)37(36-29)22-41(24-11-5-2-6-12-24,25-13-7-3-8-14-25)26-15-9-4-10-16-26/h2-21H,22H2,1H3/q+1. The topological polar surface area (TPSA) is 61.2 Å². The maximum atomic E-state index is 13.9. The number of carbonyl (C=O) groups excluding carboxylic acids is 1. The van der Waals surface area contributed by atoms with Crippen LogP contribution in [0.4, 0.5) is 13.2 Å².